The summed E-state index contributed by atoms with van der Waals surface area (Å²) in [6.45, 7) is 3.07. The largest absolute Gasteiger partial charge is 0.497 e. The number of methoxy groups -OCH3 is 1. The minimum absolute atomic E-state index is 0.103. The molecule has 0 aliphatic carbocycles. The Morgan fingerprint density at radius 1 is 1.06 bits per heavy atom. The van der Waals surface area contributed by atoms with E-state index < -0.39 is 0 Å². The molecule has 0 spiro atoms. The molecule has 1 N–H and O–H groups in total. The first-order valence-corrected chi connectivity index (χ1v) is 10.5. The van der Waals surface area contributed by atoms with E-state index in [0.29, 0.717) is 42.2 Å². The van der Waals surface area contributed by atoms with E-state index in [2.05, 4.69) is 15.4 Å². The molecule has 0 saturated heterocycles. The lowest BCUT2D eigenvalue weighted by molar-refractivity contribution is -0.123. The van der Waals surface area contributed by atoms with Crippen molar-refractivity contribution in [3.05, 3.63) is 82.5 Å². The molecule has 2 aromatic carbocycles. The number of nitrogens with one attached hydrogen (secondary N) is 1. The van der Waals surface area contributed by atoms with Crippen LogP contribution in [0.3, 0.4) is 0 Å². The number of amides is 1. The van der Waals surface area contributed by atoms with Crippen LogP contribution in [0.25, 0.3) is 11.0 Å². The maximum Gasteiger partial charge on any atom is 0.264 e. The van der Waals surface area contributed by atoms with Gasteiger partial charge in [0.1, 0.15) is 23.2 Å². The van der Waals surface area contributed by atoms with Crippen LogP contribution in [0, 0.1) is 6.92 Å². The highest BCUT2D eigenvalue weighted by molar-refractivity contribution is 5.77. The monoisotopic (exact) mass is 447 g/mol. The number of ether oxygens (including phenoxy) is 2. The second kappa shape index (κ2) is 9.99. The van der Waals surface area contributed by atoms with Crippen molar-refractivity contribution in [2.45, 2.75) is 20.0 Å². The fourth-order valence-corrected chi connectivity index (χ4v) is 3.34. The molecule has 2 aromatic heterocycles. The van der Waals surface area contributed by atoms with E-state index >= 15 is 0 Å². The predicted octanol–water partition coefficient (Wildman–Crippen LogP) is 2.15. The van der Waals surface area contributed by atoms with Gasteiger partial charge in [-0.15, -0.1) is 0 Å². The number of nitrogens with zero attached hydrogens (tertiary/aromatic N) is 4. The summed E-state index contributed by atoms with van der Waals surface area (Å²) in [6.07, 6.45) is 3.05. The molecule has 9 nitrogen and oxygen atoms in total. The predicted molar refractivity (Wildman–Crippen MR) is 124 cm³/mol. The van der Waals surface area contributed by atoms with E-state index in [1.165, 1.54) is 18.1 Å². The standard InChI is InChI=1S/C24H25N5O4/c1-17-3-5-18(6-4-17)14-28-16-26-23-21(24(28)31)13-27-29(23)12-11-25-22(30)15-33-20-9-7-19(32-2)8-10-20/h3-10,13,16H,11-12,14-15H2,1-2H3,(H,25,30). The molecule has 0 unspecified atom stereocenters. The Bertz CT molecular complexity index is 1290. The first kappa shape index (κ1) is 22.1. The third-order valence-electron chi connectivity index (χ3n) is 5.17. The van der Waals surface area contributed by atoms with Crippen molar-refractivity contribution in [3.8, 4) is 11.5 Å². The number of aromatic nitrogens is 4. The molecule has 0 fully saturated rings. The molecular formula is C24H25N5O4. The lowest BCUT2D eigenvalue weighted by atomic mass is 10.1. The molecule has 170 valence electrons. The molecule has 0 atom stereocenters. The van der Waals surface area contributed by atoms with E-state index in [0.717, 1.165) is 5.56 Å². The van der Waals surface area contributed by atoms with Crippen LogP contribution >= 0.6 is 0 Å². The van der Waals surface area contributed by atoms with Crippen molar-refractivity contribution < 1.29 is 14.3 Å². The Labute approximate surface area is 190 Å². The number of hydrogen-bond acceptors (Lipinski definition) is 6. The normalized spacial score (nSPS) is 10.8. The van der Waals surface area contributed by atoms with Crippen LogP contribution < -0.4 is 20.3 Å². The number of hydrogen-bond donors (Lipinski definition) is 1. The van der Waals surface area contributed by atoms with Gasteiger partial charge >= 0.3 is 0 Å². The summed E-state index contributed by atoms with van der Waals surface area (Å²) in [4.78, 5) is 29.3. The van der Waals surface area contributed by atoms with Crippen molar-refractivity contribution in [2.75, 3.05) is 20.3 Å². The Kier molecular flexibility index (Phi) is 6.68. The Balaban J connectivity index is 1.32. The smallest absolute Gasteiger partial charge is 0.264 e. The van der Waals surface area contributed by atoms with Gasteiger partial charge in [-0.3, -0.25) is 14.2 Å². The zero-order valence-corrected chi connectivity index (χ0v) is 18.5. The molecule has 2 heterocycles. The van der Waals surface area contributed by atoms with Crippen LogP contribution in [-0.4, -0.2) is 45.5 Å². The van der Waals surface area contributed by atoms with Crippen LogP contribution in [0.4, 0.5) is 0 Å². The van der Waals surface area contributed by atoms with Gasteiger partial charge in [-0.05, 0) is 36.8 Å². The molecule has 9 heteroatoms. The van der Waals surface area contributed by atoms with Crippen molar-refractivity contribution in [1.82, 2.24) is 24.6 Å². The molecule has 0 aliphatic rings. The van der Waals surface area contributed by atoms with Gasteiger partial charge in [0, 0.05) is 6.54 Å². The van der Waals surface area contributed by atoms with E-state index in [9.17, 15) is 9.59 Å². The third kappa shape index (κ3) is 5.38. The minimum Gasteiger partial charge on any atom is -0.497 e. The first-order valence-electron chi connectivity index (χ1n) is 10.5. The second-order valence-corrected chi connectivity index (χ2v) is 7.58. The van der Waals surface area contributed by atoms with Gasteiger partial charge in [0.15, 0.2) is 12.3 Å². The van der Waals surface area contributed by atoms with E-state index in [-0.39, 0.29) is 18.1 Å². The zero-order chi connectivity index (χ0) is 23.2. The molecule has 4 rings (SSSR count). The topological polar surface area (TPSA) is 100 Å². The lowest BCUT2D eigenvalue weighted by Gasteiger charge is -2.09. The average molecular weight is 447 g/mol. The lowest BCUT2D eigenvalue weighted by Crippen LogP contribution is -2.31. The second-order valence-electron chi connectivity index (χ2n) is 7.58. The van der Waals surface area contributed by atoms with Crippen LogP contribution in [0.2, 0.25) is 0 Å². The summed E-state index contributed by atoms with van der Waals surface area (Å²) in [5.74, 6) is 1.04. The number of fused-ring (bicyclic) bond motifs is 1. The molecule has 0 radical (unpaired) electrons. The Hall–Kier alpha value is -4.14. The number of carbonyl (C=O) groups excluding carboxylic acids is 1. The summed E-state index contributed by atoms with van der Waals surface area (Å²) >= 11 is 0. The van der Waals surface area contributed by atoms with Crippen LogP contribution in [-0.2, 0) is 17.9 Å². The zero-order valence-electron chi connectivity index (χ0n) is 18.5. The maximum absolute atomic E-state index is 12.8. The van der Waals surface area contributed by atoms with Crippen molar-refractivity contribution in [2.24, 2.45) is 0 Å². The molecule has 0 saturated carbocycles. The summed E-state index contributed by atoms with van der Waals surface area (Å²) in [6, 6.07) is 15.0. The fraction of sp³-hybridized carbons (Fsp3) is 0.250. The Morgan fingerprint density at radius 3 is 2.52 bits per heavy atom. The SMILES string of the molecule is COc1ccc(OCC(=O)NCCn2ncc3c(=O)n(Cc4ccc(C)cc4)cnc32)cc1. The number of aryl methyl sites for hydroxylation is 1. The molecule has 0 aliphatic heterocycles. The molecule has 4 aromatic rings. The van der Waals surface area contributed by atoms with E-state index in [1.54, 1.807) is 40.6 Å². The third-order valence-corrected chi connectivity index (χ3v) is 5.17. The van der Waals surface area contributed by atoms with Gasteiger partial charge < -0.3 is 14.8 Å². The minimum atomic E-state index is -0.254. The van der Waals surface area contributed by atoms with Gasteiger partial charge in [0.25, 0.3) is 11.5 Å². The van der Waals surface area contributed by atoms with Gasteiger partial charge in [-0.2, -0.15) is 5.10 Å². The van der Waals surface area contributed by atoms with E-state index in [4.69, 9.17) is 9.47 Å². The average Bonchev–Trinajstić information content (AvgIpc) is 3.25. The maximum atomic E-state index is 12.8. The molecule has 1 amide bonds. The number of carbonyl (C=O) groups is 1. The van der Waals surface area contributed by atoms with Gasteiger partial charge in [-0.1, -0.05) is 29.8 Å². The molecular weight excluding hydrogens is 422 g/mol. The highest BCUT2D eigenvalue weighted by Crippen LogP contribution is 2.16. The highest BCUT2D eigenvalue weighted by Gasteiger charge is 2.11. The number of rotatable bonds is 9. The van der Waals surface area contributed by atoms with Gasteiger partial charge in [0.05, 0.1) is 26.4 Å². The summed E-state index contributed by atoms with van der Waals surface area (Å²) in [5.41, 5.74) is 2.53. The first-order chi connectivity index (χ1) is 16.0. The summed E-state index contributed by atoms with van der Waals surface area (Å²) in [5, 5.41) is 7.49. The van der Waals surface area contributed by atoms with Crippen LogP contribution in [0.15, 0.2) is 65.8 Å². The van der Waals surface area contributed by atoms with Crippen molar-refractivity contribution in [3.63, 3.8) is 0 Å². The van der Waals surface area contributed by atoms with E-state index in [1.807, 2.05) is 31.2 Å². The van der Waals surface area contributed by atoms with Crippen LogP contribution in [0.5, 0.6) is 11.5 Å². The number of benzene rings is 2. The quantitative estimate of drug-likeness (QED) is 0.422. The highest BCUT2D eigenvalue weighted by atomic mass is 16.5. The van der Waals surface area contributed by atoms with Crippen molar-refractivity contribution in [1.29, 1.82) is 0 Å². The molecule has 33 heavy (non-hydrogen) atoms. The van der Waals surface area contributed by atoms with Gasteiger partial charge in [0.2, 0.25) is 0 Å². The molecule has 0 bridgehead atoms. The fourth-order valence-electron chi connectivity index (χ4n) is 3.34. The van der Waals surface area contributed by atoms with Gasteiger partial charge in [-0.25, -0.2) is 9.67 Å². The van der Waals surface area contributed by atoms with Crippen molar-refractivity contribution >= 4 is 16.9 Å². The summed E-state index contributed by atoms with van der Waals surface area (Å²) in [7, 11) is 1.59. The Morgan fingerprint density at radius 2 is 1.79 bits per heavy atom. The summed E-state index contributed by atoms with van der Waals surface area (Å²) < 4.78 is 13.7. The van der Waals surface area contributed by atoms with Crippen LogP contribution in [0.1, 0.15) is 11.1 Å².